The van der Waals surface area contributed by atoms with E-state index in [9.17, 15) is 0 Å². The number of aromatic nitrogens is 4. The molecular weight excluding hydrogens is 236 g/mol. The maximum Gasteiger partial charge on any atom is 0.197 e. The fourth-order valence-electron chi connectivity index (χ4n) is 1.94. The summed E-state index contributed by atoms with van der Waals surface area (Å²) in [6, 6.07) is 1.79. The van der Waals surface area contributed by atoms with Crippen molar-refractivity contribution in [2.45, 2.75) is 46.0 Å². The molecule has 0 bridgehead atoms. The highest BCUT2D eigenvalue weighted by Gasteiger charge is 2.23. The summed E-state index contributed by atoms with van der Waals surface area (Å²) in [5, 5.41) is 0. The second-order valence-electron chi connectivity index (χ2n) is 5.97. The largest absolute Gasteiger partial charge is 0.234 e. The van der Waals surface area contributed by atoms with Crippen LogP contribution in [0, 0.1) is 0 Å². The van der Waals surface area contributed by atoms with Crippen molar-refractivity contribution in [2.75, 3.05) is 0 Å². The Balaban J connectivity index is 2.57. The SMILES string of the molecule is CC(C)c1cnc(-c2ncccn2)nc1C(C)(C)C. The quantitative estimate of drug-likeness (QED) is 0.826. The molecule has 0 fully saturated rings. The van der Waals surface area contributed by atoms with Gasteiger partial charge in [0.25, 0.3) is 0 Å². The monoisotopic (exact) mass is 256 g/mol. The van der Waals surface area contributed by atoms with E-state index in [0.717, 1.165) is 5.69 Å². The lowest BCUT2D eigenvalue weighted by molar-refractivity contribution is 0.553. The van der Waals surface area contributed by atoms with E-state index in [2.05, 4.69) is 49.6 Å². The molecule has 0 aromatic carbocycles. The van der Waals surface area contributed by atoms with Gasteiger partial charge in [-0.2, -0.15) is 0 Å². The molecule has 2 heterocycles. The van der Waals surface area contributed by atoms with Gasteiger partial charge in [-0.3, -0.25) is 0 Å². The molecule has 0 radical (unpaired) electrons. The van der Waals surface area contributed by atoms with Crippen molar-refractivity contribution in [3.05, 3.63) is 35.9 Å². The van der Waals surface area contributed by atoms with E-state index in [1.54, 1.807) is 18.5 Å². The zero-order valence-electron chi connectivity index (χ0n) is 12.2. The smallest absolute Gasteiger partial charge is 0.197 e. The van der Waals surface area contributed by atoms with E-state index in [1.165, 1.54) is 5.56 Å². The standard InChI is InChI=1S/C15H20N4/c1-10(2)11-9-18-14(13-16-7-6-8-17-13)19-12(11)15(3,4)5/h6-10H,1-5H3. The Morgan fingerprint density at radius 2 is 1.58 bits per heavy atom. The molecule has 2 aromatic heterocycles. The minimum atomic E-state index is -0.0218. The van der Waals surface area contributed by atoms with Crippen LogP contribution in [-0.2, 0) is 5.41 Å². The van der Waals surface area contributed by atoms with Gasteiger partial charge in [-0.05, 0) is 17.5 Å². The highest BCUT2D eigenvalue weighted by atomic mass is 15.0. The minimum Gasteiger partial charge on any atom is -0.234 e. The van der Waals surface area contributed by atoms with E-state index < -0.39 is 0 Å². The summed E-state index contributed by atoms with van der Waals surface area (Å²) in [4.78, 5) is 17.5. The van der Waals surface area contributed by atoms with Gasteiger partial charge in [-0.25, -0.2) is 19.9 Å². The van der Waals surface area contributed by atoms with Gasteiger partial charge in [-0.1, -0.05) is 34.6 Å². The Kier molecular flexibility index (Phi) is 3.60. The predicted molar refractivity (Wildman–Crippen MR) is 75.8 cm³/mol. The van der Waals surface area contributed by atoms with Crippen molar-refractivity contribution in [2.24, 2.45) is 0 Å². The molecule has 0 unspecified atom stereocenters. The van der Waals surface area contributed by atoms with Crippen LogP contribution in [0.2, 0.25) is 0 Å². The van der Waals surface area contributed by atoms with Crippen LogP contribution < -0.4 is 0 Å². The van der Waals surface area contributed by atoms with Crippen LogP contribution >= 0.6 is 0 Å². The molecular formula is C15H20N4. The first kappa shape index (κ1) is 13.6. The molecule has 0 aliphatic carbocycles. The third-order valence-electron chi connectivity index (χ3n) is 2.92. The first-order valence-electron chi connectivity index (χ1n) is 6.54. The van der Waals surface area contributed by atoms with Crippen molar-refractivity contribution in [3.63, 3.8) is 0 Å². The van der Waals surface area contributed by atoms with E-state index in [4.69, 9.17) is 4.98 Å². The topological polar surface area (TPSA) is 51.6 Å². The van der Waals surface area contributed by atoms with Crippen molar-refractivity contribution in [1.82, 2.24) is 19.9 Å². The maximum atomic E-state index is 4.70. The molecule has 0 amide bonds. The summed E-state index contributed by atoms with van der Waals surface area (Å²) in [5.74, 6) is 1.57. The summed E-state index contributed by atoms with van der Waals surface area (Å²) in [6.07, 6.45) is 5.32. The predicted octanol–water partition coefficient (Wildman–Crippen LogP) is 3.35. The molecule has 0 aliphatic rings. The van der Waals surface area contributed by atoms with Crippen LogP contribution in [0.15, 0.2) is 24.7 Å². The Hall–Kier alpha value is -1.84. The van der Waals surface area contributed by atoms with Crippen molar-refractivity contribution < 1.29 is 0 Å². The molecule has 0 atom stereocenters. The van der Waals surface area contributed by atoms with Crippen molar-refractivity contribution in [3.8, 4) is 11.6 Å². The van der Waals surface area contributed by atoms with Gasteiger partial charge in [-0.15, -0.1) is 0 Å². The number of hydrogen-bond acceptors (Lipinski definition) is 4. The summed E-state index contributed by atoms with van der Waals surface area (Å²) in [6.45, 7) is 10.8. The van der Waals surface area contributed by atoms with Crippen LogP contribution in [0.25, 0.3) is 11.6 Å². The first-order valence-corrected chi connectivity index (χ1v) is 6.54. The first-order chi connectivity index (χ1) is 8.89. The highest BCUT2D eigenvalue weighted by Crippen LogP contribution is 2.29. The van der Waals surface area contributed by atoms with Gasteiger partial charge in [0.2, 0.25) is 0 Å². The summed E-state index contributed by atoms with van der Waals surface area (Å²) < 4.78 is 0. The zero-order valence-corrected chi connectivity index (χ0v) is 12.2. The summed E-state index contributed by atoms with van der Waals surface area (Å²) >= 11 is 0. The number of rotatable bonds is 2. The Morgan fingerprint density at radius 1 is 0.947 bits per heavy atom. The van der Waals surface area contributed by atoms with Crippen LogP contribution in [0.5, 0.6) is 0 Å². The van der Waals surface area contributed by atoms with Gasteiger partial charge >= 0.3 is 0 Å². The highest BCUT2D eigenvalue weighted by molar-refractivity contribution is 5.44. The molecule has 2 aromatic rings. The average Bonchev–Trinajstić information content (AvgIpc) is 2.38. The molecule has 0 saturated heterocycles. The molecule has 2 rings (SSSR count). The normalized spacial score (nSPS) is 11.9. The second kappa shape index (κ2) is 5.03. The zero-order chi connectivity index (χ0) is 14.0. The van der Waals surface area contributed by atoms with E-state index in [0.29, 0.717) is 17.6 Å². The van der Waals surface area contributed by atoms with Crippen molar-refractivity contribution in [1.29, 1.82) is 0 Å². The van der Waals surface area contributed by atoms with E-state index in [-0.39, 0.29) is 5.41 Å². The maximum absolute atomic E-state index is 4.70. The lowest BCUT2D eigenvalue weighted by atomic mass is 9.85. The Morgan fingerprint density at radius 3 is 2.11 bits per heavy atom. The third kappa shape index (κ3) is 2.95. The third-order valence-corrected chi connectivity index (χ3v) is 2.92. The van der Waals surface area contributed by atoms with Gasteiger partial charge < -0.3 is 0 Å². The van der Waals surface area contributed by atoms with Crippen LogP contribution in [0.1, 0.15) is 51.8 Å². The molecule has 0 spiro atoms. The molecule has 4 heteroatoms. The lowest BCUT2D eigenvalue weighted by Crippen LogP contribution is -2.18. The van der Waals surface area contributed by atoms with Crippen LogP contribution in [-0.4, -0.2) is 19.9 Å². The van der Waals surface area contributed by atoms with E-state index in [1.807, 2.05) is 6.20 Å². The van der Waals surface area contributed by atoms with Gasteiger partial charge in [0, 0.05) is 24.0 Å². The fraction of sp³-hybridized carbons (Fsp3) is 0.467. The fourth-order valence-corrected chi connectivity index (χ4v) is 1.94. The molecule has 100 valence electrons. The molecule has 4 nitrogen and oxygen atoms in total. The minimum absolute atomic E-state index is 0.0218. The van der Waals surface area contributed by atoms with Crippen LogP contribution in [0.3, 0.4) is 0 Å². The average molecular weight is 256 g/mol. The van der Waals surface area contributed by atoms with Gasteiger partial charge in [0.05, 0.1) is 5.69 Å². The molecule has 0 N–H and O–H groups in total. The van der Waals surface area contributed by atoms with E-state index >= 15 is 0 Å². The second-order valence-corrected chi connectivity index (χ2v) is 5.97. The summed E-state index contributed by atoms with van der Waals surface area (Å²) in [5.41, 5.74) is 2.23. The number of nitrogens with zero attached hydrogens (tertiary/aromatic N) is 4. The lowest BCUT2D eigenvalue weighted by Gasteiger charge is -2.23. The summed E-state index contributed by atoms with van der Waals surface area (Å²) in [7, 11) is 0. The number of hydrogen-bond donors (Lipinski definition) is 0. The Bertz CT molecular complexity index is 556. The van der Waals surface area contributed by atoms with Gasteiger partial charge in [0.1, 0.15) is 0 Å². The Labute approximate surface area is 114 Å². The van der Waals surface area contributed by atoms with Crippen molar-refractivity contribution >= 4 is 0 Å². The molecule has 0 saturated carbocycles. The molecule has 19 heavy (non-hydrogen) atoms. The molecule has 0 aliphatic heterocycles. The van der Waals surface area contributed by atoms with Crippen LogP contribution in [0.4, 0.5) is 0 Å². The van der Waals surface area contributed by atoms with Gasteiger partial charge in [0.15, 0.2) is 11.6 Å².